The molecule has 1 aliphatic carbocycles. The van der Waals surface area contributed by atoms with Gasteiger partial charge in [0.2, 0.25) is 0 Å². The molecule has 4 rings (SSSR count). The van der Waals surface area contributed by atoms with Crippen molar-refractivity contribution in [3.8, 4) is 5.75 Å². The molecule has 1 heterocycles. The highest BCUT2D eigenvalue weighted by molar-refractivity contribution is 5.71. The second kappa shape index (κ2) is 11.0. The smallest absolute Gasteiger partial charge is 0.306 e. The van der Waals surface area contributed by atoms with Crippen LogP contribution in [-0.2, 0) is 22.4 Å². The third kappa shape index (κ3) is 6.13. The Morgan fingerprint density at radius 1 is 1.09 bits per heavy atom. The van der Waals surface area contributed by atoms with Crippen molar-refractivity contribution in [1.82, 2.24) is 4.98 Å². The normalized spacial score (nSPS) is 14.5. The largest absolute Gasteiger partial charge is 0.494 e. The Balaban J connectivity index is 1.38. The molecule has 5 heteroatoms. The number of rotatable bonds is 9. The van der Waals surface area contributed by atoms with Gasteiger partial charge in [0.25, 0.3) is 0 Å². The predicted octanol–water partition coefficient (Wildman–Crippen LogP) is 5.45. The first kappa shape index (κ1) is 22.8. The van der Waals surface area contributed by atoms with Crippen molar-refractivity contribution >= 4 is 11.8 Å². The molecule has 1 unspecified atom stereocenters. The van der Waals surface area contributed by atoms with E-state index >= 15 is 0 Å². The molecule has 33 heavy (non-hydrogen) atoms. The number of aryl methyl sites for hydroxylation is 1. The van der Waals surface area contributed by atoms with Crippen molar-refractivity contribution in [2.75, 3.05) is 25.1 Å². The van der Waals surface area contributed by atoms with E-state index < -0.39 is 0 Å². The number of esters is 1. The summed E-state index contributed by atoms with van der Waals surface area (Å²) in [6.07, 6.45) is 4.79. The number of benzene rings is 2. The van der Waals surface area contributed by atoms with Crippen molar-refractivity contribution in [2.24, 2.45) is 0 Å². The van der Waals surface area contributed by atoms with Crippen LogP contribution in [0.2, 0.25) is 0 Å². The van der Waals surface area contributed by atoms with E-state index in [0.29, 0.717) is 19.6 Å². The molecule has 0 spiro atoms. The van der Waals surface area contributed by atoms with Gasteiger partial charge in [-0.15, -0.1) is 0 Å². The van der Waals surface area contributed by atoms with E-state index in [1.807, 2.05) is 31.3 Å². The van der Waals surface area contributed by atoms with Crippen molar-refractivity contribution in [2.45, 2.75) is 45.4 Å². The highest BCUT2D eigenvalue weighted by Crippen LogP contribution is 2.35. The van der Waals surface area contributed by atoms with Crippen LogP contribution in [0.5, 0.6) is 5.75 Å². The van der Waals surface area contributed by atoms with Crippen LogP contribution in [0.25, 0.3) is 0 Å². The molecule has 0 amide bonds. The van der Waals surface area contributed by atoms with Gasteiger partial charge in [-0.25, -0.2) is 4.98 Å². The number of nitrogens with one attached hydrogen (secondary N) is 1. The van der Waals surface area contributed by atoms with Gasteiger partial charge in [-0.2, -0.15) is 0 Å². The number of ether oxygens (including phenoxy) is 2. The molecule has 0 radical (unpaired) electrons. The molecule has 0 saturated heterocycles. The molecule has 0 aliphatic heterocycles. The van der Waals surface area contributed by atoms with E-state index in [-0.39, 0.29) is 11.9 Å². The molecule has 2 aromatic carbocycles. The van der Waals surface area contributed by atoms with Crippen molar-refractivity contribution in [3.63, 3.8) is 0 Å². The number of carbonyl (C=O) groups is 1. The van der Waals surface area contributed by atoms with Gasteiger partial charge in [-0.3, -0.25) is 4.79 Å². The number of pyridine rings is 1. The fourth-order valence-corrected chi connectivity index (χ4v) is 4.44. The molecule has 172 valence electrons. The quantitative estimate of drug-likeness (QED) is 0.351. The van der Waals surface area contributed by atoms with E-state index in [4.69, 9.17) is 9.47 Å². The molecule has 5 nitrogen and oxygen atoms in total. The number of hydrogen-bond donors (Lipinski definition) is 1. The Labute approximate surface area is 196 Å². The lowest BCUT2D eigenvalue weighted by molar-refractivity contribution is -0.143. The van der Waals surface area contributed by atoms with E-state index in [1.165, 1.54) is 27.8 Å². The Morgan fingerprint density at radius 3 is 2.82 bits per heavy atom. The van der Waals surface area contributed by atoms with Crippen LogP contribution in [0.1, 0.15) is 53.5 Å². The van der Waals surface area contributed by atoms with Crippen LogP contribution >= 0.6 is 0 Å². The Morgan fingerprint density at radius 2 is 1.97 bits per heavy atom. The summed E-state index contributed by atoms with van der Waals surface area (Å²) in [5, 5.41) is 3.34. The molecule has 1 aliphatic rings. The molecule has 1 aromatic heterocycles. The van der Waals surface area contributed by atoms with Gasteiger partial charge < -0.3 is 14.8 Å². The number of hydrogen-bond acceptors (Lipinski definition) is 5. The summed E-state index contributed by atoms with van der Waals surface area (Å²) in [5.74, 6) is 1.80. The summed E-state index contributed by atoms with van der Waals surface area (Å²) in [7, 11) is 0. The number of fused-ring (bicyclic) bond motifs is 2. The maximum absolute atomic E-state index is 12.2. The standard InChI is InChI=1S/C28H32N2O3/c1-3-32-28(31)19-24-16-21-9-10-25(18-23(21)17-22-7-4-5-8-26(22)24)33-14-6-12-29-27-15-20(2)11-13-30-27/h4-5,7-11,13,15,18,24H,3,6,12,14,16-17,19H2,1-2H3,(H,29,30). The predicted molar refractivity (Wildman–Crippen MR) is 131 cm³/mol. The fraction of sp³-hybridized carbons (Fsp3) is 0.357. The monoisotopic (exact) mass is 444 g/mol. The van der Waals surface area contributed by atoms with Gasteiger partial charge in [0.1, 0.15) is 11.6 Å². The molecule has 0 fully saturated rings. The highest BCUT2D eigenvalue weighted by atomic mass is 16.5. The maximum atomic E-state index is 12.2. The van der Waals surface area contributed by atoms with Gasteiger partial charge in [0.05, 0.1) is 19.6 Å². The second-order valence-corrected chi connectivity index (χ2v) is 8.56. The fourth-order valence-electron chi connectivity index (χ4n) is 4.44. The zero-order valence-corrected chi connectivity index (χ0v) is 19.5. The summed E-state index contributed by atoms with van der Waals surface area (Å²) < 4.78 is 11.3. The molecule has 1 atom stereocenters. The highest BCUT2D eigenvalue weighted by Gasteiger charge is 2.24. The minimum Gasteiger partial charge on any atom is -0.494 e. The van der Waals surface area contributed by atoms with Crippen LogP contribution in [0.4, 0.5) is 5.82 Å². The molecule has 3 aromatic rings. The molecular weight excluding hydrogens is 412 g/mol. The first-order valence-corrected chi connectivity index (χ1v) is 11.8. The van der Waals surface area contributed by atoms with Crippen molar-refractivity contribution < 1.29 is 14.3 Å². The molecule has 0 bridgehead atoms. The van der Waals surface area contributed by atoms with Crippen molar-refractivity contribution in [1.29, 1.82) is 0 Å². The number of nitrogens with zero attached hydrogens (tertiary/aromatic N) is 1. The lowest BCUT2D eigenvalue weighted by atomic mass is 9.89. The average molecular weight is 445 g/mol. The average Bonchev–Trinajstić information content (AvgIpc) is 2.95. The van der Waals surface area contributed by atoms with E-state index in [9.17, 15) is 4.79 Å². The Kier molecular flexibility index (Phi) is 7.61. The van der Waals surface area contributed by atoms with E-state index in [2.05, 4.69) is 53.6 Å². The van der Waals surface area contributed by atoms with Gasteiger partial charge in [0, 0.05) is 12.7 Å². The van der Waals surface area contributed by atoms with Crippen LogP contribution in [0.3, 0.4) is 0 Å². The summed E-state index contributed by atoms with van der Waals surface area (Å²) in [4.78, 5) is 16.6. The number of aromatic nitrogens is 1. The summed E-state index contributed by atoms with van der Waals surface area (Å²) in [5.41, 5.74) is 6.27. The van der Waals surface area contributed by atoms with Gasteiger partial charge in [-0.05, 0) is 91.1 Å². The van der Waals surface area contributed by atoms with Crippen LogP contribution in [-0.4, -0.2) is 30.7 Å². The zero-order chi connectivity index (χ0) is 23.0. The van der Waals surface area contributed by atoms with Crippen molar-refractivity contribution in [3.05, 3.63) is 88.6 Å². The molecule has 0 saturated carbocycles. The molecular formula is C28H32N2O3. The van der Waals surface area contributed by atoms with E-state index in [0.717, 1.165) is 37.4 Å². The maximum Gasteiger partial charge on any atom is 0.306 e. The third-order valence-corrected chi connectivity index (χ3v) is 6.05. The lowest BCUT2D eigenvalue weighted by Crippen LogP contribution is -2.13. The van der Waals surface area contributed by atoms with Gasteiger partial charge in [0.15, 0.2) is 0 Å². The molecule has 1 N–H and O–H groups in total. The first-order valence-electron chi connectivity index (χ1n) is 11.8. The van der Waals surface area contributed by atoms with Crippen LogP contribution < -0.4 is 10.1 Å². The van der Waals surface area contributed by atoms with Crippen LogP contribution in [0.15, 0.2) is 60.8 Å². The van der Waals surface area contributed by atoms with Crippen LogP contribution in [0, 0.1) is 6.92 Å². The Bertz CT molecular complexity index is 1100. The summed E-state index contributed by atoms with van der Waals surface area (Å²) in [6, 6.07) is 18.8. The second-order valence-electron chi connectivity index (χ2n) is 8.56. The lowest BCUT2D eigenvalue weighted by Gasteiger charge is -2.17. The minimum absolute atomic E-state index is 0.129. The number of carbonyl (C=O) groups excluding carboxylic acids is 1. The van der Waals surface area contributed by atoms with Gasteiger partial charge in [-0.1, -0.05) is 30.3 Å². The SMILES string of the molecule is CCOC(=O)CC1Cc2ccc(OCCCNc3cc(C)ccn3)cc2Cc2ccccc21. The first-order chi connectivity index (χ1) is 16.1. The summed E-state index contributed by atoms with van der Waals surface area (Å²) >= 11 is 0. The number of anilines is 1. The van der Waals surface area contributed by atoms with E-state index in [1.54, 1.807) is 0 Å². The zero-order valence-electron chi connectivity index (χ0n) is 19.5. The third-order valence-electron chi connectivity index (χ3n) is 6.05. The Hall–Kier alpha value is -3.34. The summed E-state index contributed by atoms with van der Waals surface area (Å²) in [6.45, 7) is 5.78. The van der Waals surface area contributed by atoms with Gasteiger partial charge >= 0.3 is 5.97 Å². The topological polar surface area (TPSA) is 60.5 Å². The minimum atomic E-state index is -0.129.